The fourth-order valence-corrected chi connectivity index (χ4v) is 1.68. The van der Waals surface area contributed by atoms with Crippen molar-refractivity contribution in [1.82, 2.24) is 10.6 Å². The number of carbonyl (C=O) groups is 1. The molecule has 0 spiro atoms. The number of methoxy groups -OCH3 is 1. The highest BCUT2D eigenvalue weighted by Gasteiger charge is 2.12. The van der Waals surface area contributed by atoms with Gasteiger partial charge in [-0.05, 0) is 25.1 Å². The van der Waals surface area contributed by atoms with E-state index >= 15 is 0 Å². The topological polar surface area (TPSA) is 70.6 Å². The van der Waals surface area contributed by atoms with E-state index in [1.54, 1.807) is 26.2 Å². The van der Waals surface area contributed by atoms with Gasteiger partial charge in [0.2, 0.25) is 5.91 Å². The van der Waals surface area contributed by atoms with Crippen LogP contribution >= 0.6 is 11.6 Å². The Labute approximate surface area is 117 Å². The molecule has 1 atom stereocenters. The molecule has 0 aliphatic carbocycles. The van der Waals surface area contributed by atoms with Gasteiger partial charge >= 0.3 is 0 Å². The summed E-state index contributed by atoms with van der Waals surface area (Å²) < 4.78 is 4.85. The van der Waals surface area contributed by atoms with Crippen LogP contribution in [0.2, 0.25) is 5.02 Å². The molecule has 0 aliphatic rings. The van der Waals surface area contributed by atoms with Crippen molar-refractivity contribution in [3.8, 4) is 5.75 Å². The molecule has 0 aliphatic heterocycles. The van der Waals surface area contributed by atoms with Crippen molar-refractivity contribution in [2.24, 2.45) is 0 Å². The predicted octanol–water partition coefficient (Wildman–Crippen LogP) is 1.29. The first-order chi connectivity index (χ1) is 9.04. The molecule has 1 aromatic rings. The van der Waals surface area contributed by atoms with E-state index in [1.807, 2.05) is 0 Å². The van der Waals surface area contributed by atoms with Gasteiger partial charge in [0, 0.05) is 30.8 Å². The summed E-state index contributed by atoms with van der Waals surface area (Å²) in [4.78, 5) is 11.7. The Morgan fingerprint density at radius 2 is 2.26 bits per heavy atom. The normalized spacial score (nSPS) is 12.2. The lowest BCUT2D eigenvalue weighted by molar-refractivity contribution is -0.123. The molecule has 0 saturated heterocycles. The number of carbonyl (C=O) groups excluding carboxylic acids is 1. The van der Waals surface area contributed by atoms with Crippen LogP contribution in [0.5, 0.6) is 5.75 Å². The van der Waals surface area contributed by atoms with Crippen molar-refractivity contribution in [2.45, 2.75) is 19.5 Å². The van der Waals surface area contributed by atoms with Crippen molar-refractivity contribution < 1.29 is 14.6 Å². The molecule has 1 unspecified atom stereocenters. The molecule has 6 heteroatoms. The molecule has 19 heavy (non-hydrogen) atoms. The van der Waals surface area contributed by atoms with Gasteiger partial charge in [0.1, 0.15) is 5.75 Å². The largest absolute Gasteiger partial charge is 0.508 e. The summed E-state index contributed by atoms with van der Waals surface area (Å²) in [5, 5.41) is 15.9. The Bertz CT molecular complexity index is 426. The zero-order valence-corrected chi connectivity index (χ0v) is 11.8. The zero-order valence-electron chi connectivity index (χ0n) is 11.1. The smallest absolute Gasteiger partial charge is 0.236 e. The standard InChI is InChI=1S/C13H19ClN2O3/c1-9(13(18)15-5-6-19-2)16-8-10-7-11(14)3-4-12(10)17/h3-4,7,9,16-17H,5-6,8H2,1-2H3,(H,15,18). The van der Waals surface area contributed by atoms with E-state index in [4.69, 9.17) is 16.3 Å². The lowest BCUT2D eigenvalue weighted by atomic mass is 10.2. The number of halogens is 1. The van der Waals surface area contributed by atoms with Crippen LogP contribution in [-0.2, 0) is 16.1 Å². The van der Waals surface area contributed by atoms with Crippen LogP contribution in [0.15, 0.2) is 18.2 Å². The number of rotatable bonds is 7. The monoisotopic (exact) mass is 286 g/mol. The first-order valence-electron chi connectivity index (χ1n) is 6.02. The van der Waals surface area contributed by atoms with E-state index in [2.05, 4.69) is 10.6 Å². The second kappa shape index (κ2) is 7.99. The van der Waals surface area contributed by atoms with Crippen LogP contribution in [-0.4, -0.2) is 37.3 Å². The molecular weight excluding hydrogens is 268 g/mol. The van der Waals surface area contributed by atoms with Gasteiger partial charge in [0.25, 0.3) is 0 Å². The van der Waals surface area contributed by atoms with E-state index in [9.17, 15) is 9.90 Å². The molecule has 1 rings (SSSR count). The molecule has 0 bridgehead atoms. The van der Waals surface area contributed by atoms with Crippen molar-refractivity contribution in [2.75, 3.05) is 20.3 Å². The van der Waals surface area contributed by atoms with Crippen LogP contribution in [0.25, 0.3) is 0 Å². The minimum atomic E-state index is -0.366. The summed E-state index contributed by atoms with van der Waals surface area (Å²) in [5.41, 5.74) is 0.657. The number of hydrogen-bond acceptors (Lipinski definition) is 4. The second-order valence-corrected chi connectivity index (χ2v) is 4.60. The Morgan fingerprint density at radius 3 is 2.95 bits per heavy atom. The fraction of sp³-hybridized carbons (Fsp3) is 0.462. The average Bonchev–Trinajstić information content (AvgIpc) is 2.39. The van der Waals surface area contributed by atoms with Gasteiger partial charge in [0.05, 0.1) is 12.6 Å². The fourth-order valence-electron chi connectivity index (χ4n) is 1.48. The molecule has 1 amide bonds. The molecule has 1 aromatic carbocycles. The lowest BCUT2D eigenvalue weighted by Gasteiger charge is -2.14. The molecule has 0 fully saturated rings. The maximum Gasteiger partial charge on any atom is 0.236 e. The number of phenols is 1. The van der Waals surface area contributed by atoms with Gasteiger partial charge in [-0.25, -0.2) is 0 Å². The van der Waals surface area contributed by atoms with Crippen LogP contribution < -0.4 is 10.6 Å². The highest BCUT2D eigenvalue weighted by atomic mass is 35.5. The Morgan fingerprint density at radius 1 is 1.53 bits per heavy atom. The summed E-state index contributed by atoms with van der Waals surface area (Å²) >= 11 is 5.85. The van der Waals surface area contributed by atoms with Gasteiger partial charge in [-0.1, -0.05) is 11.6 Å². The third-order valence-electron chi connectivity index (χ3n) is 2.64. The Hall–Kier alpha value is -1.30. The minimum absolute atomic E-state index is 0.112. The molecule has 3 N–H and O–H groups in total. The minimum Gasteiger partial charge on any atom is -0.508 e. The number of hydrogen-bond donors (Lipinski definition) is 3. The highest BCUT2D eigenvalue weighted by molar-refractivity contribution is 6.30. The van der Waals surface area contributed by atoms with Crippen molar-refractivity contribution in [3.05, 3.63) is 28.8 Å². The molecule has 106 valence electrons. The van der Waals surface area contributed by atoms with E-state index in [-0.39, 0.29) is 17.7 Å². The SMILES string of the molecule is COCCNC(=O)C(C)NCc1cc(Cl)ccc1O. The predicted molar refractivity (Wildman–Crippen MR) is 74.3 cm³/mol. The lowest BCUT2D eigenvalue weighted by Crippen LogP contribution is -2.42. The Balaban J connectivity index is 2.42. The maximum absolute atomic E-state index is 11.7. The first-order valence-corrected chi connectivity index (χ1v) is 6.39. The van der Waals surface area contributed by atoms with Crippen molar-refractivity contribution in [3.63, 3.8) is 0 Å². The summed E-state index contributed by atoms with van der Waals surface area (Å²) in [5.74, 6) is 0.0439. The first kappa shape index (κ1) is 15.8. The zero-order chi connectivity index (χ0) is 14.3. The highest BCUT2D eigenvalue weighted by Crippen LogP contribution is 2.21. The number of ether oxygens (including phenoxy) is 1. The van der Waals surface area contributed by atoms with Crippen molar-refractivity contribution in [1.29, 1.82) is 0 Å². The van der Waals surface area contributed by atoms with E-state index in [1.165, 1.54) is 6.07 Å². The van der Waals surface area contributed by atoms with Gasteiger partial charge in [-0.2, -0.15) is 0 Å². The number of benzene rings is 1. The van der Waals surface area contributed by atoms with Crippen LogP contribution in [0.3, 0.4) is 0 Å². The van der Waals surface area contributed by atoms with Crippen molar-refractivity contribution >= 4 is 17.5 Å². The summed E-state index contributed by atoms with van der Waals surface area (Å²) in [6.07, 6.45) is 0. The van der Waals surface area contributed by atoms with Crippen LogP contribution in [0, 0.1) is 0 Å². The number of phenolic OH excluding ortho intramolecular Hbond substituents is 1. The van der Waals surface area contributed by atoms with Crippen LogP contribution in [0.4, 0.5) is 0 Å². The summed E-state index contributed by atoms with van der Waals surface area (Å²) in [6.45, 7) is 3.08. The van der Waals surface area contributed by atoms with E-state index < -0.39 is 0 Å². The maximum atomic E-state index is 11.7. The third-order valence-corrected chi connectivity index (χ3v) is 2.87. The molecule has 0 radical (unpaired) electrons. The van der Waals surface area contributed by atoms with Crippen LogP contribution in [0.1, 0.15) is 12.5 Å². The molecular formula is C13H19ClN2O3. The van der Waals surface area contributed by atoms with E-state index in [0.29, 0.717) is 30.3 Å². The van der Waals surface area contributed by atoms with Gasteiger partial charge in [0.15, 0.2) is 0 Å². The molecule has 5 nitrogen and oxygen atoms in total. The van der Waals surface area contributed by atoms with Gasteiger partial charge < -0.3 is 20.5 Å². The van der Waals surface area contributed by atoms with Gasteiger partial charge in [-0.3, -0.25) is 4.79 Å². The molecule has 0 aromatic heterocycles. The number of amides is 1. The second-order valence-electron chi connectivity index (χ2n) is 4.16. The summed E-state index contributed by atoms with van der Waals surface area (Å²) in [7, 11) is 1.58. The summed E-state index contributed by atoms with van der Waals surface area (Å²) in [6, 6.07) is 4.44. The third kappa shape index (κ3) is 5.46. The van der Waals surface area contributed by atoms with E-state index in [0.717, 1.165) is 0 Å². The average molecular weight is 287 g/mol. The molecule has 0 heterocycles. The Kier molecular flexibility index (Phi) is 6.62. The number of nitrogens with one attached hydrogen (secondary N) is 2. The number of aromatic hydroxyl groups is 1. The quantitative estimate of drug-likeness (QED) is 0.661. The van der Waals surface area contributed by atoms with Gasteiger partial charge in [-0.15, -0.1) is 0 Å². The molecule has 0 saturated carbocycles.